The first kappa shape index (κ1) is 19.1. The van der Waals surface area contributed by atoms with E-state index in [1.54, 1.807) is 18.2 Å². The van der Waals surface area contributed by atoms with Gasteiger partial charge < -0.3 is 10.6 Å². The number of amides is 2. The molecule has 0 saturated heterocycles. The molecule has 2 aromatic carbocycles. The van der Waals surface area contributed by atoms with E-state index in [4.69, 9.17) is 0 Å². The Morgan fingerprint density at radius 2 is 1.72 bits per heavy atom. The van der Waals surface area contributed by atoms with Crippen molar-refractivity contribution in [2.45, 2.75) is 26.2 Å². The van der Waals surface area contributed by atoms with Crippen LogP contribution in [0.2, 0.25) is 0 Å². The molecule has 0 aliphatic heterocycles. The standard InChI is InChI=1S/C19H20BrFN2O2/c1-19(2,3)13-6-4-12(5-7-13)18(25)22-11-17(24)23-16-9-8-14(20)10-15(16)21/h4-10H,11H2,1-3H3,(H,22,25)(H,23,24). The fourth-order valence-electron chi connectivity index (χ4n) is 2.17. The minimum atomic E-state index is -0.549. The normalized spacial score (nSPS) is 11.1. The molecule has 0 bridgehead atoms. The van der Waals surface area contributed by atoms with Crippen LogP contribution in [0.1, 0.15) is 36.7 Å². The summed E-state index contributed by atoms with van der Waals surface area (Å²) >= 11 is 3.15. The Kier molecular flexibility index (Phi) is 5.95. The van der Waals surface area contributed by atoms with Gasteiger partial charge in [0.05, 0.1) is 12.2 Å². The fraction of sp³-hybridized carbons (Fsp3) is 0.263. The average molecular weight is 407 g/mol. The second-order valence-electron chi connectivity index (χ2n) is 6.68. The number of benzene rings is 2. The molecular formula is C19H20BrFN2O2. The minimum absolute atomic E-state index is 0.00361. The third kappa shape index (κ3) is 5.39. The van der Waals surface area contributed by atoms with E-state index in [0.29, 0.717) is 10.0 Å². The zero-order chi connectivity index (χ0) is 18.6. The Labute approximate surface area is 154 Å². The molecule has 0 atom stereocenters. The maximum atomic E-state index is 13.7. The summed E-state index contributed by atoms with van der Waals surface area (Å²) in [6.07, 6.45) is 0. The maximum absolute atomic E-state index is 13.7. The van der Waals surface area contributed by atoms with Crippen molar-refractivity contribution in [3.05, 3.63) is 63.9 Å². The molecule has 0 unspecified atom stereocenters. The van der Waals surface area contributed by atoms with Crippen molar-refractivity contribution in [2.24, 2.45) is 0 Å². The van der Waals surface area contributed by atoms with Gasteiger partial charge >= 0.3 is 0 Å². The van der Waals surface area contributed by atoms with E-state index in [1.165, 1.54) is 12.1 Å². The van der Waals surface area contributed by atoms with E-state index in [-0.39, 0.29) is 23.6 Å². The first-order valence-electron chi connectivity index (χ1n) is 7.80. The van der Waals surface area contributed by atoms with Crippen molar-refractivity contribution in [1.29, 1.82) is 0 Å². The molecule has 0 fully saturated rings. The predicted molar refractivity (Wildman–Crippen MR) is 100 cm³/mol. The smallest absolute Gasteiger partial charge is 0.251 e. The molecule has 25 heavy (non-hydrogen) atoms. The molecule has 0 heterocycles. The first-order chi connectivity index (χ1) is 11.7. The van der Waals surface area contributed by atoms with Gasteiger partial charge in [-0.3, -0.25) is 9.59 Å². The van der Waals surface area contributed by atoms with E-state index >= 15 is 0 Å². The second-order valence-corrected chi connectivity index (χ2v) is 7.60. The number of anilines is 1. The number of hydrogen-bond donors (Lipinski definition) is 2. The van der Waals surface area contributed by atoms with Crippen LogP contribution >= 0.6 is 15.9 Å². The largest absolute Gasteiger partial charge is 0.343 e. The number of halogens is 2. The van der Waals surface area contributed by atoms with Crippen molar-refractivity contribution in [3.63, 3.8) is 0 Å². The predicted octanol–water partition coefficient (Wildman–Crippen LogP) is 4.25. The van der Waals surface area contributed by atoms with Crippen LogP contribution in [0.3, 0.4) is 0 Å². The molecule has 2 rings (SSSR count). The van der Waals surface area contributed by atoms with Crippen LogP contribution in [0.15, 0.2) is 46.9 Å². The molecule has 0 aliphatic rings. The van der Waals surface area contributed by atoms with Gasteiger partial charge in [0.2, 0.25) is 5.91 Å². The van der Waals surface area contributed by atoms with Gasteiger partial charge in [-0.1, -0.05) is 48.8 Å². The quantitative estimate of drug-likeness (QED) is 0.796. The Hall–Kier alpha value is -2.21. The van der Waals surface area contributed by atoms with E-state index in [1.807, 2.05) is 12.1 Å². The molecule has 2 amide bonds. The molecule has 132 valence electrons. The molecule has 0 spiro atoms. The number of nitrogens with one attached hydrogen (secondary N) is 2. The van der Waals surface area contributed by atoms with Gasteiger partial charge in [0.15, 0.2) is 0 Å². The highest BCUT2D eigenvalue weighted by Crippen LogP contribution is 2.22. The Bertz CT molecular complexity index is 783. The van der Waals surface area contributed by atoms with Crippen LogP contribution in [0.25, 0.3) is 0 Å². The average Bonchev–Trinajstić information content (AvgIpc) is 2.54. The third-order valence-corrected chi connectivity index (χ3v) is 4.12. The number of hydrogen-bond acceptors (Lipinski definition) is 2. The van der Waals surface area contributed by atoms with E-state index in [2.05, 4.69) is 47.3 Å². The fourth-order valence-corrected chi connectivity index (χ4v) is 2.50. The lowest BCUT2D eigenvalue weighted by molar-refractivity contribution is -0.115. The summed E-state index contributed by atoms with van der Waals surface area (Å²) in [4.78, 5) is 24.0. The zero-order valence-corrected chi connectivity index (χ0v) is 15.9. The molecule has 4 nitrogen and oxygen atoms in total. The van der Waals surface area contributed by atoms with E-state index in [9.17, 15) is 14.0 Å². The molecule has 0 aliphatic carbocycles. The molecule has 2 aromatic rings. The topological polar surface area (TPSA) is 58.2 Å². The Morgan fingerprint density at radius 1 is 1.08 bits per heavy atom. The second kappa shape index (κ2) is 7.78. The summed E-state index contributed by atoms with van der Waals surface area (Å²) in [6, 6.07) is 11.6. The van der Waals surface area contributed by atoms with Crippen molar-refractivity contribution < 1.29 is 14.0 Å². The molecule has 0 saturated carbocycles. The Balaban J connectivity index is 1.92. The van der Waals surface area contributed by atoms with E-state index in [0.717, 1.165) is 5.56 Å². The van der Waals surface area contributed by atoms with Crippen LogP contribution in [-0.4, -0.2) is 18.4 Å². The maximum Gasteiger partial charge on any atom is 0.251 e. The first-order valence-corrected chi connectivity index (χ1v) is 8.60. The number of carbonyl (C=O) groups excluding carboxylic acids is 2. The molecule has 0 aromatic heterocycles. The van der Waals surface area contributed by atoms with Crippen LogP contribution < -0.4 is 10.6 Å². The lowest BCUT2D eigenvalue weighted by atomic mass is 9.87. The van der Waals surface area contributed by atoms with Crippen LogP contribution in [0.4, 0.5) is 10.1 Å². The summed E-state index contributed by atoms with van der Waals surface area (Å²) in [7, 11) is 0. The summed E-state index contributed by atoms with van der Waals surface area (Å²) in [5.74, 6) is -1.40. The van der Waals surface area contributed by atoms with Crippen LogP contribution in [0.5, 0.6) is 0 Å². The van der Waals surface area contributed by atoms with Crippen molar-refractivity contribution >= 4 is 33.4 Å². The van der Waals surface area contributed by atoms with Crippen LogP contribution in [-0.2, 0) is 10.2 Å². The molecule has 6 heteroatoms. The Morgan fingerprint density at radius 3 is 2.28 bits per heavy atom. The number of rotatable bonds is 4. The van der Waals surface area contributed by atoms with E-state index < -0.39 is 11.7 Å². The van der Waals surface area contributed by atoms with Gasteiger partial charge in [-0.2, -0.15) is 0 Å². The summed E-state index contributed by atoms with van der Waals surface area (Å²) in [6.45, 7) is 6.03. The lowest BCUT2D eigenvalue weighted by Crippen LogP contribution is -2.33. The molecular weight excluding hydrogens is 387 g/mol. The van der Waals surface area contributed by atoms with Crippen molar-refractivity contribution in [2.75, 3.05) is 11.9 Å². The molecule has 0 radical (unpaired) electrons. The summed E-state index contributed by atoms with van der Waals surface area (Å²) in [5.41, 5.74) is 1.66. The van der Waals surface area contributed by atoms with Gasteiger partial charge in [-0.15, -0.1) is 0 Å². The van der Waals surface area contributed by atoms with Crippen molar-refractivity contribution in [1.82, 2.24) is 5.32 Å². The lowest BCUT2D eigenvalue weighted by Gasteiger charge is -2.19. The minimum Gasteiger partial charge on any atom is -0.343 e. The monoisotopic (exact) mass is 406 g/mol. The highest BCUT2D eigenvalue weighted by Gasteiger charge is 2.15. The zero-order valence-electron chi connectivity index (χ0n) is 14.3. The third-order valence-electron chi connectivity index (χ3n) is 3.63. The summed E-state index contributed by atoms with van der Waals surface area (Å²) < 4.78 is 14.3. The highest BCUT2D eigenvalue weighted by atomic mass is 79.9. The summed E-state index contributed by atoms with van der Waals surface area (Å²) in [5, 5.41) is 4.95. The number of carbonyl (C=O) groups is 2. The van der Waals surface area contributed by atoms with Crippen molar-refractivity contribution in [3.8, 4) is 0 Å². The SMILES string of the molecule is CC(C)(C)c1ccc(C(=O)NCC(=O)Nc2ccc(Br)cc2F)cc1. The van der Waals surface area contributed by atoms with Crippen LogP contribution in [0, 0.1) is 5.82 Å². The highest BCUT2D eigenvalue weighted by molar-refractivity contribution is 9.10. The van der Waals surface area contributed by atoms with Gasteiger partial charge in [0.1, 0.15) is 5.82 Å². The van der Waals surface area contributed by atoms with Gasteiger partial charge in [0.25, 0.3) is 5.91 Å². The van der Waals surface area contributed by atoms with Gasteiger partial charge in [-0.05, 0) is 41.3 Å². The van der Waals surface area contributed by atoms with Gasteiger partial charge in [0, 0.05) is 10.0 Å². The molecule has 2 N–H and O–H groups in total. The van der Waals surface area contributed by atoms with Gasteiger partial charge in [-0.25, -0.2) is 4.39 Å².